The van der Waals surface area contributed by atoms with Crippen molar-refractivity contribution in [3.05, 3.63) is 41.5 Å². The Bertz CT molecular complexity index is 538. The van der Waals surface area contributed by atoms with E-state index in [0.29, 0.717) is 31.0 Å². The van der Waals surface area contributed by atoms with Crippen LogP contribution >= 0.6 is 0 Å². The lowest BCUT2D eigenvalue weighted by atomic mass is 10.1. The number of aromatic nitrogens is 2. The quantitative estimate of drug-likeness (QED) is 0.754. The molecule has 0 saturated heterocycles. The van der Waals surface area contributed by atoms with Gasteiger partial charge in [-0.3, -0.25) is 0 Å². The van der Waals surface area contributed by atoms with E-state index in [-0.39, 0.29) is 0 Å². The number of benzene rings is 1. The maximum atomic E-state index is 5.18. The SMILES string of the molecule is C#CCCc1nc(Cc2ccc(OC)cc2)no1. The standard InChI is InChI=1S/C14H14N2O2/c1-3-4-5-14-15-13(16-18-14)10-11-6-8-12(17-2)9-7-11/h1,6-9H,4-5,10H2,2H3. The summed E-state index contributed by atoms with van der Waals surface area (Å²) < 4.78 is 10.2. The van der Waals surface area contributed by atoms with E-state index in [9.17, 15) is 0 Å². The Morgan fingerprint density at radius 1 is 1.33 bits per heavy atom. The molecule has 0 spiro atoms. The molecule has 2 aromatic rings. The highest BCUT2D eigenvalue weighted by Gasteiger charge is 2.06. The van der Waals surface area contributed by atoms with Gasteiger partial charge in [0, 0.05) is 19.3 Å². The minimum atomic E-state index is 0.594. The zero-order valence-electron chi connectivity index (χ0n) is 10.2. The molecule has 0 aliphatic carbocycles. The van der Waals surface area contributed by atoms with Crippen molar-refractivity contribution in [3.8, 4) is 18.1 Å². The van der Waals surface area contributed by atoms with E-state index < -0.39 is 0 Å². The first-order valence-electron chi connectivity index (χ1n) is 5.69. The average molecular weight is 242 g/mol. The molecular weight excluding hydrogens is 228 g/mol. The Morgan fingerprint density at radius 2 is 2.11 bits per heavy atom. The third-order valence-corrected chi connectivity index (χ3v) is 2.51. The maximum absolute atomic E-state index is 5.18. The van der Waals surface area contributed by atoms with Crippen molar-refractivity contribution in [1.29, 1.82) is 0 Å². The minimum absolute atomic E-state index is 0.594. The lowest BCUT2D eigenvalue weighted by molar-refractivity contribution is 0.375. The van der Waals surface area contributed by atoms with Gasteiger partial charge in [-0.1, -0.05) is 17.3 Å². The van der Waals surface area contributed by atoms with Crippen molar-refractivity contribution in [3.63, 3.8) is 0 Å². The van der Waals surface area contributed by atoms with Crippen LogP contribution in [0.3, 0.4) is 0 Å². The summed E-state index contributed by atoms with van der Waals surface area (Å²) in [5.74, 6) is 4.65. The van der Waals surface area contributed by atoms with Gasteiger partial charge in [0.25, 0.3) is 0 Å². The number of terminal acetylenes is 1. The monoisotopic (exact) mass is 242 g/mol. The molecule has 92 valence electrons. The average Bonchev–Trinajstić information content (AvgIpc) is 2.85. The fourth-order valence-electron chi connectivity index (χ4n) is 1.57. The summed E-state index contributed by atoms with van der Waals surface area (Å²) in [6, 6.07) is 7.79. The maximum Gasteiger partial charge on any atom is 0.227 e. The largest absolute Gasteiger partial charge is 0.497 e. The van der Waals surface area contributed by atoms with Gasteiger partial charge in [0.05, 0.1) is 7.11 Å². The fourth-order valence-corrected chi connectivity index (χ4v) is 1.57. The number of methoxy groups -OCH3 is 1. The van der Waals surface area contributed by atoms with Crippen molar-refractivity contribution in [2.24, 2.45) is 0 Å². The highest BCUT2D eigenvalue weighted by Crippen LogP contribution is 2.13. The van der Waals surface area contributed by atoms with Crippen LogP contribution in [-0.4, -0.2) is 17.3 Å². The second kappa shape index (κ2) is 5.87. The summed E-state index contributed by atoms with van der Waals surface area (Å²) in [4.78, 5) is 4.28. The van der Waals surface area contributed by atoms with Crippen LogP contribution in [0.5, 0.6) is 5.75 Å². The number of nitrogens with zero attached hydrogens (tertiary/aromatic N) is 2. The zero-order valence-corrected chi connectivity index (χ0v) is 10.2. The van der Waals surface area contributed by atoms with Gasteiger partial charge >= 0.3 is 0 Å². The van der Waals surface area contributed by atoms with Crippen LogP contribution in [0.15, 0.2) is 28.8 Å². The molecular formula is C14H14N2O2. The first-order valence-corrected chi connectivity index (χ1v) is 5.69. The van der Waals surface area contributed by atoms with E-state index in [2.05, 4.69) is 16.1 Å². The van der Waals surface area contributed by atoms with Gasteiger partial charge in [-0.2, -0.15) is 4.98 Å². The topological polar surface area (TPSA) is 48.2 Å². The normalized spacial score (nSPS) is 10.0. The first kappa shape index (κ1) is 12.2. The Hall–Kier alpha value is -2.28. The third-order valence-electron chi connectivity index (χ3n) is 2.51. The molecule has 1 heterocycles. The van der Waals surface area contributed by atoms with Crippen LogP contribution in [0.4, 0.5) is 0 Å². The molecule has 4 nitrogen and oxygen atoms in total. The third kappa shape index (κ3) is 3.11. The summed E-state index contributed by atoms with van der Waals surface area (Å²) in [7, 11) is 1.64. The summed E-state index contributed by atoms with van der Waals surface area (Å²) in [6.07, 6.45) is 7.07. The first-order chi connectivity index (χ1) is 8.81. The van der Waals surface area contributed by atoms with E-state index in [1.165, 1.54) is 0 Å². The number of hydrogen-bond donors (Lipinski definition) is 0. The lowest BCUT2D eigenvalue weighted by Gasteiger charge is -2.00. The molecule has 18 heavy (non-hydrogen) atoms. The number of rotatable bonds is 5. The molecule has 1 aromatic heterocycles. The molecule has 4 heteroatoms. The Morgan fingerprint density at radius 3 is 2.78 bits per heavy atom. The van der Waals surface area contributed by atoms with Crippen LogP contribution in [0.25, 0.3) is 0 Å². The van der Waals surface area contributed by atoms with Crippen LogP contribution in [0, 0.1) is 12.3 Å². The molecule has 0 N–H and O–H groups in total. The Kier molecular flexibility index (Phi) is 3.98. The molecule has 0 bridgehead atoms. The van der Waals surface area contributed by atoms with Crippen LogP contribution < -0.4 is 4.74 Å². The molecule has 0 atom stereocenters. The van der Waals surface area contributed by atoms with Gasteiger partial charge in [-0.25, -0.2) is 0 Å². The summed E-state index contributed by atoms with van der Waals surface area (Å²) in [5.41, 5.74) is 1.11. The van der Waals surface area contributed by atoms with E-state index in [1.807, 2.05) is 24.3 Å². The molecule has 0 aliphatic rings. The van der Waals surface area contributed by atoms with Crippen LogP contribution in [0.1, 0.15) is 23.7 Å². The number of ether oxygens (including phenoxy) is 1. The van der Waals surface area contributed by atoms with Crippen molar-refractivity contribution in [2.75, 3.05) is 7.11 Å². The van der Waals surface area contributed by atoms with Crippen LogP contribution in [0.2, 0.25) is 0 Å². The highest BCUT2D eigenvalue weighted by molar-refractivity contribution is 5.28. The van der Waals surface area contributed by atoms with Crippen molar-refractivity contribution < 1.29 is 9.26 Å². The highest BCUT2D eigenvalue weighted by atomic mass is 16.5. The van der Waals surface area contributed by atoms with Gasteiger partial charge in [-0.05, 0) is 17.7 Å². The molecule has 0 aliphatic heterocycles. The van der Waals surface area contributed by atoms with Gasteiger partial charge in [0.1, 0.15) is 5.75 Å². The van der Waals surface area contributed by atoms with Crippen molar-refractivity contribution >= 4 is 0 Å². The minimum Gasteiger partial charge on any atom is -0.497 e. The second-order valence-electron chi connectivity index (χ2n) is 3.83. The van der Waals surface area contributed by atoms with E-state index in [1.54, 1.807) is 7.11 Å². The number of hydrogen-bond acceptors (Lipinski definition) is 4. The fraction of sp³-hybridized carbons (Fsp3) is 0.286. The smallest absolute Gasteiger partial charge is 0.227 e. The van der Waals surface area contributed by atoms with Gasteiger partial charge < -0.3 is 9.26 Å². The Labute approximate surface area is 106 Å². The molecule has 0 saturated carbocycles. The van der Waals surface area contributed by atoms with Gasteiger partial charge in [0.2, 0.25) is 5.89 Å². The number of aryl methyl sites for hydroxylation is 1. The van der Waals surface area contributed by atoms with Crippen molar-refractivity contribution in [2.45, 2.75) is 19.3 Å². The predicted octanol–water partition coefficient (Wildman–Crippen LogP) is 2.23. The molecule has 0 radical (unpaired) electrons. The summed E-state index contributed by atoms with van der Waals surface area (Å²) in [5, 5.41) is 3.92. The summed E-state index contributed by atoms with van der Waals surface area (Å²) >= 11 is 0. The molecule has 0 fully saturated rings. The van der Waals surface area contributed by atoms with E-state index in [4.69, 9.17) is 15.7 Å². The molecule has 0 amide bonds. The predicted molar refractivity (Wildman–Crippen MR) is 67.3 cm³/mol. The van der Waals surface area contributed by atoms with E-state index in [0.717, 1.165) is 11.3 Å². The Balaban J connectivity index is 2.00. The van der Waals surface area contributed by atoms with Gasteiger partial charge in [0.15, 0.2) is 5.82 Å². The van der Waals surface area contributed by atoms with Gasteiger partial charge in [-0.15, -0.1) is 12.3 Å². The van der Waals surface area contributed by atoms with Crippen LogP contribution in [-0.2, 0) is 12.8 Å². The van der Waals surface area contributed by atoms with E-state index >= 15 is 0 Å². The zero-order chi connectivity index (χ0) is 12.8. The second-order valence-corrected chi connectivity index (χ2v) is 3.83. The van der Waals surface area contributed by atoms with Crippen molar-refractivity contribution in [1.82, 2.24) is 10.1 Å². The molecule has 1 aromatic carbocycles. The summed E-state index contributed by atoms with van der Waals surface area (Å²) in [6.45, 7) is 0. The lowest BCUT2D eigenvalue weighted by Crippen LogP contribution is -1.92. The molecule has 0 unspecified atom stereocenters. The molecule has 2 rings (SSSR count).